The number of aromatic nitrogens is 1. The topological polar surface area (TPSA) is 51.5 Å². The van der Waals surface area contributed by atoms with Gasteiger partial charge in [0.15, 0.2) is 0 Å². The minimum absolute atomic E-state index is 0.0640. The summed E-state index contributed by atoms with van der Waals surface area (Å²) in [7, 11) is 1.73. The number of carbonyl (C=O) groups is 1. The van der Waals surface area contributed by atoms with Gasteiger partial charge in [-0.2, -0.15) is 0 Å². The molecule has 0 N–H and O–H groups in total. The summed E-state index contributed by atoms with van der Waals surface area (Å²) in [5.41, 5.74) is 4.06. The van der Waals surface area contributed by atoms with E-state index in [1.54, 1.807) is 16.5 Å². The Morgan fingerprint density at radius 1 is 1.00 bits per heavy atom. The zero-order valence-electron chi connectivity index (χ0n) is 16.7. The van der Waals surface area contributed by atoms with Gasteiger partial charge in [0.2, 0.25) is 5.91 Å². The number of nitrogens with zero attached hydrogens (tertiary/aromatic N) is 2. The summed E-state index contributed by atoms with van der Waals surface area (Å²) in [5.74, 6) is 0.664. The molecule has 2 heterocycles. The quantitative estimate of drug-likeness (QED) is 0.675. The van der Waals surface area contributed by atoms with E-state index in [0.29, 0.717) is 25.3 Å². The number of likely N-dealkylation sites (tertiary alicyclic amines) is 1. The van der Waals surface area contributed by atoms with Crippen molar-refractivity contribution in [2.24, 2.45) is 7.05 Å². The zero-order chi connectivity index (χ0) is 20.4. The number of ether oxygens (including phenoxy) is 1. The molecule has 0 bridgehead atoms. The Kier molecular flexibility index (Phi) is 5.21. The van der Waals surface area contributed by atoms with Gasteiger partial charge < -0.3 is 14.2 Å². The fraction of sp³-hybridized carbons (Fsp3) is 0.250. The highest BCUT2D eigenvalue weighted by Crippen LogP contribution is 2.21. The number of benzene rings is 2. The van der Waals surface area contributed by atoms with E-state index < -0.39 is 0 Å². The number of amides is 1. The lowest BCUT2D eigenvalue weighted by molar-refractivity contribution is -0.139. The molecule has 1 aromatic heterocycles. The van der Waals surface area contributed by atoms with Crippen LogP contribution in [0.4, 0.5) is 0 Å². The lowest BCUT2D eigenvalue weighted by Crippen LogP contribution is -2.56. The molecule has 3 aromatic rings. The van der Waals surface area contributed by atoms with Crippen LogP contribution in [0.25, 0.3) is 11.1 Å². The molecule has 4 rings (SSSR count). The fourth-order valence-corrected chi connectivity index (χ4v) is 3.45. The largest absolute Gasteiger partial charge is 0.486 e. The number of pyridine rings is 1. The van der Waals surface area contributed by atoms with Crippen LogP contribution in [0, 0.1) is 6.92 Å². The summed E-state index contributed by atoms with van der Waals surface area (Å²) in [6.07, 6.45) is 0.318. The zero-order valence-corrected chi connectivity index (χ0v) is 16.7. The van der Waals surface area contributed by atoms with Gasteiger partial charge in [-0.15, -0.1) is 0 Å². The van der Waals surface area contributed by atoms with Crippen LogP contribution >= 0.6 is 0 Å². The van der Waals surface area contributed by atoms with Crippen LogP contribution in [0.15, 0.2) is 71.5 Å². The minimum Gasteiger partial charge on any atom is -0.486 e. The number of carbonyl (C=O) groups excluding carboxylic acids is 1. The Hall–Kier alpha value is -3.34. The number of aryl methyl sites for hydroxylation is 1. The van der Waals surface area contributed by atoms with Gasteiger partial charge in [0.1, 0.15) is 11.9 Å². The summed E-state index contributed by atoms with van der Waals surface area (Å²) < 4.78 is 7.43. The van der Waals surface area contributed by atoms with Crippen LogP contribution in [0.1, 0.15) is 11.3 Å². The van der Waals surface area contributed by atoms with E-state index in [1.807, 2.05) is 43.3 Å². The van der Waals surface area contributed by atoms with Crippen molar-refractivity contribution in [2.45, 2.75) is 19.4 Å². The van der Waals surface area contributed by atoms with Crippen LogP contribution in [0.5, 0.6) is 5.75 Å². The first kappa shape index (κ1) is 19.0. The fourth-order valence-electron chi connectivity index (χ4n) is 3.45. The second-order valence-corrected chi connectivity index (χ2v) is 7.51. The standard InChI is InChI=1S/C24H24N2O3/c1-17-12-21(14-23(27)25(17)2)29-22-15-26(16-22)24(28)13-18-8-10-20(11-9-18)19-6-4-3-5-7-19/h3-12,14,22H,13,15-16H2,1-2H3. The van der Waals surface area contributed by atoms with E-state index in [2.05, 4.69) is 24.3 Å². The SMILES string of the molecule is Cc1cc(OC2CN(C(=O)Cc3ccc(-c4ccccc4)cc3)C2)cc(=O)n1C. The van der Waals surface area contributed by atoms with Crippen molar-refractivity contribution in [3.63, 3.8) is 0 Å². The molecule has 1 aliphatic rings. The molecule has 1 saturated heterocycles. The van der Waals surface area contributed by atoms with Gasteiger partial charge in [-0.25, -0.2) is 0 Å². The second kappa shape index (κ2) is 7.95. The van der Waals surface area contributed by atoms with Crippen LogP contribution in [0.3, 0.4) is 0 Å². The first-order valence-corrected chi connectivity index (χ1v) is 9.76. The average Bonchev–Trinajstić information content (AvgIpc) is 2.69. The number of hydrogen-bond donors (Lipinski definition) is 0. The molecule has 0 unspecified atom stereocenters. The molecule has 1 aliphatic heterocycles. The summed E-state index contributed by atoms with van der Waals surface area (Å²) in [5, 5.41) is 0. The highest BCUT2D eigenvalue weighted by molar-refractivity contribution is 5.80. The van der Waals surface area contributed by atoms with Crippen LogP contribution in [-0.2, 0) is 18.3 Å². The summed E-state index contributed by atoms with van der Waals surface area (Å²) in [6, 6.07) is 21.6. The Bertz CT molecular complexity index is 1070. The molecule has 0 aliphatic carbocycles. The Morgan fingerprint density at radius 3 is 2.31 bits per heavy atom. The molecule has 2 aromatic carbocycles. The van der Waals surface area contributed by atoms with Crippen molar-refractivity contribution in [2.75, 3.05) is 13.1 Å². The molecule has 1 fully saturated rings. The summed E-state index contributed by atoms with van der Waals surface area (Å²) >= 11 is 0. The van der Waals surface area contributed by atoms with Gasteiger partial charge in [0.25, 0.3) is 5.56 Å². The maximum absolute atomic E-state index is 12.5. The van der Waals surface area contributed by atoms with Crippen molar-refractivity contribution in [1.82, 2.24) is 9.47 Å². The third-order valence-electron chi connectivity index (χ3n) is 5.40. The van der Waals surface area contributed by atoms with E-state index in [9.17, 15) is 9.59 Å². The lowest BCUT2D eigenvalue weighted by atomic mass is 10.0. The minimum atomic E-state index is -0.0915. The van der Waals surface area contributed by atoms with Gasteiger partial charge in [-0.1, -0.05) is 54.6 Å². The maximum Gasteiger partial charge on any atom is 0.254 e. The van der Waals surface area contributed by atoms with Crippen LogP contribution < -0.4 is 10.3 Å². The molecule has 5 heteroatoms. The molecule has 0 spiro atoms. The third-order valence-corrected chi connectivity index (χ3v) is 5.40. The molecule has 0 saturated carbocycles. The van der Waals surface area contributed by atoms with Crippen molar-refractivity contribution in [1.29, 1.82) is 0 Å². The van der Waals surface area contributed by atoms with E-state index in [0.717, 1.165) is 16.8 Å². The molecular formula is C24H24N2O3. The molecule has 5 nitrogen and oxygen atoms in total. The van der Waals surface area contributed by atoms with E-state index >= 15 is 0 Å². The molecule has 29 heavy (non-hydrogen) atoms. The van der Waals surface area contributed by atoms with E-state index in [4.69, 9.17) is 4.74 Å². The van der Waals surface area contributed by atoms with Crippen LogP contribution in [0.2, 0.25) is 0 Å². The lowest BCUT2D eigenvalue weighted by Gasteiger charge is -2.39. The summed E-state index contributed by atoms with van der Waals surface area (Å²) in [6.45, 7) is 2.97. The number of rotatable bonds is 5. The van der Waals surface area contributed by atoms with Gasteiger partial charge in [-0.05, 0) is 29.7 Å². The van der Waals surface area contributed by atoms with Gasteiger partial charge in [0, 0.05) is 18.8 Å². The highest BCUT2D eigenvalue weighted by Gasteiger charge is 2.32. The Morgan fingerprint density at radius 2 is 1.66 bits per heavy atom. The highest BCUT2D eigenvalue weighted by atomic mass is 16.5. The maximum atomic E-state index is 12.5. The smallest absolute Gasteiger partial charge is 0.254 e. The first-order chi connectivity index (χ1) is 14.0. The van der Waals surface area contributed by atoms with E-state index in [1.165, 1.54) is 11.6 Å². The van der Waals surface area contributed by atoms with Gasteiger partial charge in [0.05, 0.1) is 19.5 Å². The first-order valence-electron chi connectivity index (χ1n) is 9.76. The third kappa shape index (κ3) is 4.24. The monoisotopic (exact) mass is 388 g/mol. The molecule has 1 amide bonds. The summed E-state index contributed by atoms with van der Waals surface area (Å²) in [4.78, 5) is 26.2. The van der Waals surface area contributed by atoms with Crippen LogP contribution in [-0.4, -0.2) is 34.6 Å². The molecular weight excluding hydrogens is 364 g/mol. The predicted octanol–water partition coefficient (Wildman–Crippen LogP) is 3.19. The normalized spacial score (nSPS) is 13.8. The molecule has 0 radical (unpaired) electrons. The second-order valence-electron chi connectivity index (χ2n) is 7.51. The van der Waals surface area contributed by atoms with Gasteiger partial charge in [-0.3, -0.25) is 9.59 Å². The average molecular weight is 388 g/mol. The Balaban J connectivity index is 1.30. The Labute approximate surface area is 170 Å². The predicted molar refractivity (Wildman–Crippen MR) is 113 cm³/mol. The van der Waals surface area contributed by atoms with Crippen molar-refractivity contribution in [3.05, 3.63) is 88.3 Å². The van der Waals surface area contributed by atoms with Crippen molar-refractivity contribution in [3.8, 4) is 16.9 Å². The van der Waals surface area contributed by atoms with Crippen molar-refractivity contribution >= 4 is 5.91 Å². The molecule has 148 valence electrons. The van der Waals surface area contributed by atoms with Crippen molar-refractivity contribution < 1.29 is 9.53 Å². The van der Waals surface area contributed by atoms with E-state index in [-0.39, 0.29) is 17.6 Å². The number of hydrogen-bond acceptors (Lipinski definition) is 3. The van der Waals surface area contributed by atoms with Gasteiger partial charge >= 0.3 is 0 Å². The molecule has 0 atom stereocenters.